The second kappa shape index (κ2) is 4.69. The summed E-state index contributed by atoms with van der Waals surface area (Å²) >= 11 is 0. The Kier molecular flexibility index (Phi) is 3.49. The molecule has 3 unspecified atom stereocenters. The van der Waals surface area contributed by atoms with Gasteiger partial charge in [0.2, 0.25) is 0 Å². The van der Waals surface area contributed by atoms with Crippen LogP contribution in [0.15, 0.2) is 0 Å². The zero-order valence-corrected chi connectivity index (χ0v) is 11.9. The first-order valence-corrected chi connectivity index (χ1v) is 6.93. The molecular weight excluding hydrogens is 246 g/mol. The number of carbonyl (C=O) groups is 2. The maximum Gasteiger partial charge on any atom is 0.408 e. The number of aliphatic carboxylic acids is 1. The summed E-state index contributed by atoms with van der Waals surface area (Å²) in [6.45, 7) is 5.41. The molecule has 2 aliphatic carbocycles. The molecule has 0 heterocycles. The minimum Gasteiger partial charge on any atom is -0.481 e. The lowest BCUT2D eigenvalue weighted by Crippen LogP contribution is -2.54. The summed E-state index contributed by atoms with van der Waals surface area (Å²) in [6, 6.07) is 0. The van der Waals surface area contributed by atoms with Gasteiger partial charge < -0.3 is 15.2 Å². The number of fused-ring (bicyclic) bond motifs is 2. The van der Waals surface area contributed by atoms with Gasteiger partial charge >= 0.3 is 12.1 Å². The van der Waals surface area contributed by atoms with Crippen molar-refractivity contribution < 1.29 is 19.4 Å². The quantitative estimate of drug-likeness (QED) is 0.825. The summed E-state index contributed by atoms with van der Waals surface area (Å²) in [7, 11) is 0. The molecule has 108 valence electrons. The molecule has 2 rings (SSSR count). The number of alkyl carbamates (subject to hydrolysis) is 1. The number of nitrogens with one attached hydrogen (secondary N) is 1. The third kappa shape index (κ3) is 3.19. The highest BCUT2D eigenvalue weighted by atomic mass is 16.6. The van der Waals surface area contributed by atoms with Gasteiger partial charge in [-0.15, -0.1) is 0 Å². The Labute approximate surface area is 113 Å². The normalized spacial score (nSPS) is 33.2. The van der Waals surface area contributed by atoms with Crippen molar-refractivity contribution in [3.05, 3.63) is 0 Å². The number of hydrogen-bond donors (Lipinski definition) is 2. The van der Waals surface area contributed by atoms with Crippen LogP contribution in [0.2, 0.25) is 0 Å². The summed E-state index contributed by atoms with van der Waals surface area (Å²) in [6.07, 6.45) is 3.46. The molecule has 19 heavy (non-hydrogen) atoms. The second-order valence-electron chi connectivity index (χ2n) is 6.93. The highest BCUT2D eigenvalue weighted by Crippen LogP contribution is 2.52. The molecule has 1 amide bonds. The molecule has 0 aromatic heterocycles. The molecule has 0 aromatic carbocycles. The molecule has 2 saturated carbocycles. The van der Waals surface area contributed by atoms with Gasteiger partial charge in [-0.1, -0.05) is 0 Å². The summed E-state index contributed by atoms with van der Waals surface area (Å²) in [5.74, 6) is -0.0241. The molecule has 0 saturated heterocycles. The van der Waals surface area contributed by atoms with Crippen LogP contribution in [0.25, 0.3) is 0 Å². The largest absolute Gasteiger partial charge is 0.481 e. The molecule has 0 spiro atoms. The summed E-state index contributed by atoms with van der Waals surface area (Å²) < 4.78 is 5.27. The van der Waals surface area contributed by atoms with E-state index in [1.54, 1.807) is 20.8 Å². The maximum atomic E-state index is 12.0. The van der Waals surface area contributed by atoms with Gasteiger partial charge in [-0.25, -0.2) is 4.79 Å². The van der Waals surface area contributed by atoms with E-state index in [0.29, 0.717) is 5.92 Å². The summed E-state index contributed by atoms with van der Waals surface area (Å²) in [4.78, 5) is 23.1. The molecule has 3 atom stereocenters. The van der Waals surface area contributed by atoms with Crippen molar-refractivity contribution in [3.8, 4) is 0 Å². The van der Waals surface area contributed by atoms with Gasteiger partial charge in [0.25, 0.3) is 0 Å². The van der Waals surface area contributed by atoms with Crippen LogP contribution in [-0.2, 0) is 9.53 Å². The fourth-order valence-electron chi connectivity index (χ4n) is 3.63. The van der Waals surface area contributed by atoms with Crippen LogP contribution in [0.4, 0.5) is 4.79 Å². The lowest BCUT2D eigenvalue weighted by Gasteiger charge is -2.37. The van der Waals surface area contributed by atoms with Crippen LogP contribution in [0.3, 0.4) is 0 Å². The monoisotopic (exact) mass is 269 g/mol. The molecule has 2 bridgehead atoms. The fraction of sp³-hybridized carbons (Fsp3) is 0.857. The molecule has 2 N–H and O–H groups in total. The standard InChI is InChI=1S/C14H23NO4/c1-13(2,3)19-12(18)15-14(8-11(16)17)7-9-4-5-10(14)6-9/h9-10H,4-8H2,1-3H3,(H,15,18)(H,16,17). The Morgan fingerprint density at radius 3 is 2.47 bits per heavy atom. The number of hydrogen-bond acceptors (Lipinski definition) is 3. The van der Waals surface area contributed by atoms with Crippen molar-refractivity contribution >= 4 is 12.1 Å². The van der Waals surface area contributed by atoms with E-state index >= 15 is 0 Å². The van der Waals surface area contributed by atoms with Crippen LogP contribution < -0.4 is 5.32 Å². The van der Waals surface area contributed by atoms with E-state index < -0.39 is 23.2 Å². The van der Waals surface area contributed by atoms with Crippen LogP contribution >= 0.6 is 0 Å². The Morgan fingerprint density at radius 1 is 1.37 bits per heavy atom. The predicted molar refractivity (Wildman–Crippen MR) is 69.8 cm³/mol. The second-order valence-corrected chi connectivity index (χ2v) is 6.93. The van der Waals surface area contributed by atoms with Gasteiger partial charge in [-0.3, -0.25) is 4.79 Å². The van der Waals surface area contributed by atoms with Gasteiger partial charge in [-0.05, 0) is 58.3 Å². The van der Waals surface area contributed by atoms with Gasteiger partial charge in [-0.2, -0.15) is 0 Å². The van der Waals surface area contributed by atoms with E-state index in [1.807, 2.05) is 0 Å². The highest BCUT2D eigenvalue weighted by Gasteiger charge is 2.53. The van der Waals surface area contributed by atoms with E-state index in [1.165, 1.54) is 0 Å². The third-order valence-corrected chi connectivity index (χ3v) is 4.19. The minimum absolute atomic E-state index is 0.00654. The van der Waals surface area contributed by atoms with Gasteiger partial charge in [0.1, 0.15) is 5.60 Å². The van der Waals surface area contributed by atoms with Crippen molar-refractivity contribution in [3.63, 3.8) is 0 Å². The highest BCUT2D eigenvalue weighted by molar-refractivity contribution is 5.73. The molecule has 2 aliphatic rings. The Balaban J connectivity index is 2.07. The first-order chi connectivity index (χ1) is 8.70. The zero-order chi connectivity index (χ0) is 14.3. The van der Waals surface area contributed by atoms with Crippen molar-refractivity contribution in [2.75, 3.05) is 0 Å². The Bertz CT molecular complexity index is 387. The van der Waals surface area contributed by atoms with E-state index in [9.17, 15) is 9.59 Å². The molecule has 2 fully saturated rings. The van der Waals surface area contributed by atoms with Crippen LogP contribution in [0, 0.1) is 11.8 Å². The molecule has 0 aliphatic heterocycles. The average molecular weight is 269 g/mol. The maximum absolute atomic E-state index is 12.0. The Hall–Kier alpha value is -1.26. The van der Waals surface area contributed by atoms with E-state index in [0.717, 1.165) is 25.7 Å². The number of carboxylic acids is 1. The van der Waals surface area contributed by atoms with E-state index in [4.69, 9.17) is 9.84 Å². The minimum atomic E-state index is -0.858. The number of carboxylic acid groups (broad SMARTS) is 1. The molecule has 5 heteroatoms. The van der Waals surface area contributed by atoms with Crippen LogP contribution in [-0.4, -0.2) is 28.3 Å². The van der Waals surface area contributed by atoms with Crippen molar-refractivity contribution in [1.82, 2.24) is 5.32 Å². The average Bonchev–Trinajstić information content (AvgIpc) is 2.71. The number of rotatable bonds is 3. The predicted octanol–water partition coefficient (Wildman–Crippen LogP) is 2.54. The first-order valence-electron chi connectivity index (χ1n) is 6.93. The van der Waals surface area contributed by atoms with Gasteiger partial charge in [0, 0.05) is 0 Å². The van der Waals surface area contributed by atoms with Crippen LogP contribution in [0.1, 0.15) is 52.9 Å². The summed E-state index contributed by atoms with van der Waals surface area (Å²) in [5.41, 5.74) is -1.16. The topological polar surface area (TPSA) is 75.6 Å². The molecular formula is C14H23NO4. The number of amides is 1. The smallest absolute Gasteiger partial charge is 0.408 e. The number of carbonyl (C=O) groups excluding carboxylic acids is 1. The third-order valence-electron chi connectivity index (χ3n) is 4.19. The fourth-order valence-corrected chi connectivity index (χ4v) is 3.63. The molecule has 5 nitrogen and oxygen atoms in total. The molecule has 0 aromatic rings. The number of ether oxygens (including phenoxy) is 1. The lowest BCUT2D eigenvalue weighted by atomic mass is 9.78. The lowest BCUT2D eigenvalue weighted by molar-refractivity contribution is -0.139. The van der Waals surface area contributed by atoms with E-state index in [-0.39, 0.29) is 12.3 Å². The SMILES string of the molecule is CC(C)(C)OC(=O)NC1(CC(=O)O)CC2CCC1C2. The van der Waals surface area contributed by atoms with Gasteiger partial charge in [0.15, 0.2) is 0 Å². The zero-order valence-electron chi connectivity index (χ0n) is 11.9. The van der Waals surface area contributed by atoms with Gasteiger partial charge in [0.05, 0.1) is 12.0 Å². The van der Waals surface area contributed by atoms with Crippen molar-refractivity contribution in [2.45, 2.75) is 64.0 Å². The first kappa shape index (κ1) is 14.2. The van der Waals surface area contributed by atoms with Crippen molar-refractivity contribution in [2.24, 2.45) is 11.8 Å². The van der Waals surface area contributed by atoms with E-state index in [2.05, 4.69) is 5.32 Å². The van der Waals surface area contributed by atoms with Crippen LogP contribution in [0.5, 0.6) is 0 Å². The van der Waals surface area contributed by atoms with Crippen molar-refractivity contribution in [1.29, 1.82) is 0 Å². The summed E-state index contributed by atoms with van der Waals surface area (Å²) in [5, 5.41) is 12.0. The Morgan fingerprint density at radius 2 is 2.05 bits per heavy atom. The molecule has 0 radical (unpaired) electrons.